The summed E-state index contributed by atoms with van der Waals surface area (Å²) >= 11 is 0. The van der Waals surface area contributed by atoms with E-state index < -0.39 is 0 Å². The second-order valence-electron chi connectivity index (χ2n) is 3.86. The molecule has 1 aromatic carbocycles. The van der Waals surface area contributed by atoms with Gasteiger partial charge in [0.2, 0.25) is 0 Å². The highest BCUT2D eigenvalue weighted by Gasteiger charge is 1.93. The lowest BCUT2D eigenvalue weighted by Crippen LogP contribution is -2.14. The van der Waals surface area contributed by atoms with Crippen LogP contribution in [0.25, 0.3) is 0 Å². The first-order chi connectivity index (χ1) is 7.36. The third-order valence-electron chi connectivity index (χ3n) is 2.49. The molecule has 0 bridgehead atoms. The highest BCUT2D eigenvalue weighted by atomic mass is 16.3. The van der Waals surface area contributed by atoms with Crippen LogP contribution in [0.1, 0.15) is 37.3 Å². The van der Waals surface area contributed by atoms with Crippen LogP contribution >= 0.6 is 0 Å². The number of rotatable bonds is 7. The predicted octanol–water partition coefficient (Wildman–Crippen LogP) is 2.46. The minimum Gasteiger partial charge on any atom is -0.392 e. The van der Waals surface area contributed by atoms with E-state index in [0.717, 1.165) is 18.7 Å². The van der Waals surface area contributed by atoms with Crippen molar-refractivity contribution in [3.05, 3.63) is 35.4 Å². The summed E-state index contributed by atoms with van der Waals surface area (Å²) in [6.07, 6.45) is 3.83. The van der Waals surface area contributed by atoms with Crippen LogP contribution in [0.2, 0.25) is 0 Å². The summed E-state index contributed by atoms with van der Waals surface area (Å²) < 4.78 is 0. The Balaban J connectivity index is 2.20. The maximum atomic E-state index is 8.89. The second-order valence-corrected chi connectivity index (χ2v) is 3.86. The van der Waals surface area contributed by atoms with Crippen LogP contribution in [0.4, 0.5) is 0 Å². The maximum absolute atomic E-state index is 8.89. The fourth-order valence-corrected chi connectivity index (χ4v) is 1.50. The number of aliphatic hydroxyl groups excluding tert-OH is 1. The van der Waals surface area contributed by atoms with E-state index in [0.29, 0.717) is 0 Å². The molecule has 0 fully saturated rings. The van der Waals surface area contributed by atoms with Gasteiger partial charge < -0.3 is 10.4 Å². The zero-order valence-corrected chi connectivity index (χ0v) is 9.50. The molecular weight excluding hydrogens is 186 g/mol. The van der Waals surface area contributed by atoms with E-state index in [9.17, 15) is 0 Å². The van der Waals surface area contributed by atoms with Gasteiger partial charge >= 0.3 is 0 Å². The molecule has 0 aromatic heterocycles. The third kappa shape index (κ3) is 4.96. The number of hydrogen-bond donors (Lipinski definition) is 2. The number of hydrogen-bond acceptors (Lipinski definition) is 2. The van der Waals surface area contributed by atoms with Crippen LogP contribution in [0.3, 0.4) is 0 Å². The fraction of sp³-hybridized carbons (Fsp3) is 0.538. The Hall–Kier alpha value is -0.860. The van der Waals surface area contributed by atoms with Crippen molar-refractivity contribution in [3.63, 3.8) is 0 Å². The lowest BCUT2D eigenvalue weighted by molar-refractivity contribution is 0.282. The van der Waals surface area contributed by atoms with E-state index in [1.165, 1.54) is 24.8 Å². The average Bonchev–Trinajstić information content (AvgIpc) is 2.30. The molecule has 0 heterocycles. The van der Waals surface area contributed by atoms with E-state index in [1.54, 1.807) is 0 Å². The van der Waals surface area contributed by atoms with Crippen molar-refractivity contribution >= 4 is 0 Å². The van der Waals surface area contributed by atoms with Gasteiger partial charge in [-0.1, -0.05) is 44.0 Å². The summed E-state index contributed by atoms with van der Waals surface area (Å²) in [6.45, 7) is 4.36. The summed E-state index contributed by atoms with van der Waals surface area (Å²) in [5, 5.41) is 12.3. The van der Waals surface area contributed by atoms with E-state index in [2.05, 4.69) is 24.4 Å². The zero-order valence-electron chi connectivity index (χ0n) is 9.50. The minimum absolute atomic E-state index is 0.129. The Morgan fingerprint density at radius 3 is 2.33 bits per heavy atom. The Kier molecular flexibility index (Phi) is 6.05. The van der Waals surface area contributed by atoms with Crippen LogP contribution in [0.15, 0.2) is 24.3 Å². The first-order valence-corrected chi connectivity index (χ1v) is 5.76. The number of aliphatic hydroxyl groups is 1. The smallest absolute Gasteiger partial charge is 0.0681 e. The lowest BCUT2D eigenvalue weighted by Gasteiger charge is -2.05. The minimum atomic E-state index is 0.129. The Bertz CT molecular complexity index is 256. The van der Waals surface area contributed by atoms with E-state index in [4.69, 9.17) is 5.11 Å². The van der Waals surface area contributed by atoms with Crippen molar-refractivity contribution in [3.8, 4) is 0 Å². The summed E-state index contributed by atoms with van der Waals surface area (Å²) in [7, 11) is 0. The Morgan fingerprint density at radius 1 is 1.07 bits per heavy atom. The third-order valence-corrected chi connectivity index (χ3v) is 2.49. The van der Waals surface area contributed by atoms with Crippen LogP contribution in [-0.2, 0) is 13.2 Å². The van der Waals surface area contributed by atoms with Gasteiger partial charge in [0, 0.05) is 6.54 Å². The molecule has 2 N–H and O–H groups in total. The van der Waals surface area contributed by atoms with Gasteiger partial charge in [0.25, 0.3) is 0 Å². The van der Waals surface area contributed by atoms with Crippen molar-refractivity contribution in [1.29, 1.82) is 0 Å². The van der Waals surface area contributed by atoms with Crippen LogP contribution < -0.4 is 5.32 Å². The summed E-state index contributed by atoms with van der Waals surface area (Å²) in [5.41, 5.74) is 2.26. The molecule has 0 saturated carbocycles. The Labute approximate surface area is 92.3 Å². The van der Waals surface area contributed by atoms with Crippen molar-refractivity contribution in [2.24, 2.45) is 0 Å². The SMILES string of the molecule is CCCCCNCc1ccc(CO)cc1. The Morgan fingerprint density at radius 2 is 1.73 bits per heavy atom. The normalized spacial score (nSPS) is 10.5. The molecule has 0 aliphatic carbocycles. The van der Waals surface area contributed by atoms with E-state index >= 15 is 0 Å². The van der Waals surface area contributed by atoms with Crippen molar-refractivity contribution in [2.45, 2.75) is 39.3 Å². The molecule has 0 unspecified atom stereocenters. The first kappa shape index (κ1) is 12.2. The van der Waals surface area contributed by atoms with Gasteiger partial charge in [0.05, 0.1) is 6.61 Å². The fourth-order valence-electron chi connectivity index (χ4n) is 1.50. The number of unbranched alkanes of at least 4 members (excludes halogenated alkanes) is 2. The maximum Gasteiger partial charge on any atom is 0.0681 e. The standard InChI is InChI=1S/C13H21NO/c1-2-3-4-9-14-10-12-5-7-13(11-15)8-6-12/h5-8,14-15H,2-4,9-11H2,1H3. The molecule has 0 aliphatic heterocycles. The molecule has 1 aromatic rings. The molecular formula is C13H21NO. The number of nitrogens with one attached hydrogen (secondary N) is 1. The van der Waals surface area contributed by atoms with Crippen LogP contribution in [0.5, 0.6) is 0 Å². The van der Waals surface area contributed by atoms with Crippen molar-refractivity contribution in [2.75, 3.05) is 6.54 Å². The lowest BCUT2D eigenvalue weighted by atomic mass is 10.1. The summed E-state index contributed by atoms with van der Waals surface area (Å²) in [5.74, 6) is 0. The van der Waals surface area contributed by atoms with Gasteiger partial charge in [-0.3, -0.25) is 0 Å². The molecule has 2 nitrogen and oxygen atoms in total. The number of benzene rings is 1. The molecule has 1 rings (SSSR count). The molecule has 0 aliphatic rings. The van der Waals surface area contributed by atoms with Crippen LogP contribution in [0, 0.1) is 0 Å². The van der Waals surface area contributed by atoms with Gasteiger partial charge in [0.1, 0.15) is 0 Å². The highest BCUT2D eigenvalue weighted by molar-refractivity contribution is 5.21. The summed E-state index contributed by atoms with van der Waals surface area (Å²) in [6, 6.07) is 8.09. The quantitative estimate of drug-likeness (QED) is 0.673. The highest BCUT2D eigenvalue weighted by Crippen LogP contribution is 2.04. The first-order valence-electron chi connectivity index (χ1n) is 5.76. The molecule has 84 valence electrons. The molecule has 2 heteroatoms. The summed E-state index contributed by atoms with van der Waals surface area (Å²) in [4.78, 5) is 0. The zero-order chi connectivity index (χ0) is 10.9. The largest absolute Gasteiger partial charge is 0.392 e. The van der Waals surface area contributed by atoms with Gasteiger partial charge in [-0.25, -0.2) is 0 Å². The average molecular weight is 207 g/mol. The van der Waals surface area contributed by atoms with Crippen molar-refractivity contribution in [1.82, 2.24) is 5.32 Å². The molecule has 15 heavy (non-hydrogen) atoms. The van der Waals surface area contributed by atoms with Gasteiger partial charge in [0.15, 0.2) is 0 Å². The molecule has 0 spiro atoms. The monoisotopic (exact) mass is 207 g/mol. The van der Waals surface area contributed by atoms with Gasteiger partial charge in [-0.2, -0.15) is 0 Å². The van der Waals surface area contributed by atoms with Crippen molar-refractivity contribution < 1.29 is 5.11 Å². The van der Waals surface area contributed by atoms with Gasteiger partial charge in [-0.15, -0.1) is 0 Å². The van der Waals surface area contributed by atoms with E-state index in [-0.39, 0.29) is 6.61 Å². The topological polar surface area (TPSA) is 32.3 Å². The van der Waals surface area contributed by atoms with Crippen LogP contribution in [-0.4, -0.2) is 11.7 Å². The molecule has 0 amide bonds. The van der Waals surface area contributed by atoms with Gasteiger partial charge in [-0.05, 0) is 24.1 Å². The second kappa shape index (κ2) is 7.43. The molecule has 0 saturated heterocycles. The predicted molar refractivity (Wildman–Crippen MR) is 63.6 cm³/mol. The van der Waals surface area contributed by atoms with E-state index in [1.807, 2.05) is 12.1 Å². The molecule has 0 atom stereocenters. The molecule has 0 radical (unpaired) electrons.